The number of methoxy groups -OCH3 is 1. The predicted molar refractivity (Wildman–Crippen MR) is 84.2 cm³/mol. The van der Waals surface area contributed by atoms with Gasteiger partial charge in [-0.3, -0.25) is 0 Å². The van der Waals surface area contributed by atoms with Crippen molar-refractivity contribution in [1.82, 2.24) is 5.32 Å². The van der Waals surface area contributed by atoms with Crippen LogP contribution in [-0.4, -0.2) is 7.11 Å². The maximum absolute atomic E-state index is 5.42. The second kappa shape index (κ2) is 6.58. The Balaban J connectivity index is 2.06. The zero-order chi connectivity index (χ0) is 14.5. The number of nitrogens with one attached hydrogen (secondary N) is 1. The smallest absolute Gasteiger partial charge is 0.123 e. The normalized spacial score (nSPS) is 12.2. The Labute approximate surface area is 121 Å². The molecule has 0 saturated carbocycles. The van der Waals surface area contributed by atoms with Crippen molar-refractivity contribution in [3.63, 3.8) is 0 Å². The van der Waals surface area contributed by atoms with Gasteiger partial charge >= 0.3 is 0 Å². The van der Waals surface area contributed by atoms with Crippen LogP contribution in [0.3, 0.4) is 0 Å². The van der Waals surface area contributed by atoms with Crippen molar-refractivity contribution in [2.75, 3.05) is 7.11 Å². The van der Waals surface area contributed by atoms with E-state index in [0.29, 0.717) is 0 Å². The highest BCUT2D eigenvalue weighted by atomic mass is 16.5. The molecule has 1 unspecified atom stereocenters. The minimum Gasteiger partial charge on any atom is -0.496 e. The monoisotopic (exact) mass is 269 g/mol. The second-order valence-electron chi connectivity index (χ2n) is 5.34. The van der Waals surface area contributed by atoms with Gasteiger partial charge in [0.25, 0.3) is 0 Å². The van der Waals surface area contributed by atoms with Crippen molar-refractivity contribution in [2.45, 2.75) is 33.4 Å². The predicted octanol–water partition coefficient (Wildman–Crippen LogP) is 4.16. The highest BCUT2D eigenvalue weighted by Gasteiger charge is 2.10. The van der Waals surface area contributed by atoms with Crippen LogP contribution in [0.4, 0.5) is 0 Å². The Morgan fingerprint density at radius 1 is 1.05 bits per heavy atom. The number of para-hydroxylation sites is 1. The van der Waals surface area contributed by atoms with Crippen LogP contribution >= 0.6 is 0 Å². The van der Waals surface area contributed by atoms with Gasteiger partial charge in [0, 0.05) is 18.2 Å². The molecule has 0 heterocycles. The number of rotatable bonds is 5. The van der Waals surface area contributed by atoms with Crippen LogP contribution in [0, 0.1) is 13.8 Å². The molecular formula is C18H23NO. The standard InChI is InChI=1S/C18H23NO/c1-13-9-14(2)11-16(10-13)12-19-15(3)17-7-5-6-8-18(17)20-4/h5-11,15,19H,12H2,1-4H3. The van der Waals surface area contributed by atoms with Crippen LogP contribution in [0.2, 0.25) is 0 Å². The fraction of sp³-hybridized carbons (Fsp3) is 0.333. The molecule has 2 nitrogen and oxygen atoms in total. The lowest BCUT2D eigenvalue weighted by molar-refractivity contribution is 0.401. The van der Waals surface area contributed by atoms with Crippen LogP contribution in [0.5, 0.6) is 5.75 Å². The molecule has 1 atom stereocenters. The van der Waals surface area contributed by atoms with E-state index in [1.54, 1.807) is 7.11 Å². The number of aryl methyl sites for hydroxylation is 2. The highest BCUT2D eigenvalue weighted by molar-refractivity contribution is 5.35. The zero-order valence-electron chi connectivity index (χ0n) is 12.7. The van der Waals surface area contributed by atoms with Gasteiger partial charge in [-0.05, 0) is 32.4 Å². The molecule has 0 aromatic heterocycles. The van der Waals surface area contributed by atoms with Crippen LogP contribution in [0.1, 0.15) is 35.2 Å². The molecule has 0 aliphatic rings. The van der Waals surface area contributed by atoms with E-state index in [-0.39, 0.29) is 6.04 Å². The summed E-state index contributed by atoms with van der Waals surface area (Å²) >= 11 is 0. The molecule has 0 spiro atoms. The fourth-order valence-corrected chi connectivity index (χ4v) is 2.58. The summed E-state index contributed by atoms with van der Waals surface area (Å²) in [6.07, 6.45) is 0. The van der Waals surface area contributed by atoms with Crippen molar-refractivity contribution in [3.05, 3.63) is 64.7 Å². The first-order chi connectivity index (χ1) is 9.60. The lowest BCUT2D eigenvalue weighted by atomic mass is 10.1. The average Bonchev–Trinajstić information content (AvgIpc) is 2.43. The molecule has 0 aliphatic carbocycles. The SMILES string of the molecule is COc1ccccc1C(C)NCc1cc(C)cc(C)c1. The maximum atomic E-state index is 5.42. The lowest BCUT2D eigenvalue weighted by Gasteiger charge is -2.17. The molecular weight excluding hydrogens is 246 g/mol. The van der Waals surface area contributed by atoms with Crippen molar-refractivity contribution in [1.29, 1.82) is 0 Å². The van der Waals surface area contributed by atoms with Crippen molar-refractivity contribution < 1.29 is 4.74 Å². The van der Waals surface area contributed by atoms with Crippen molar-refractivity contribution >= 4 is 0 Å². The minimum atomic E-state index is 0.256. The molecule has 0 bridgehead atoms. The summed E-state index contributed by atoms with van der Waals surface area (Å²) in [5.74, 6) is 0.938. The summed E-state index contributed by atoms with van der Waals surface area (Å²) in [7, 11) is 1.72. The second-order valence-corrected chi connectivity index (χ2v) is 5.34. The minimum absolute atomic E-state index is 0.256. The molecule has 2 aromatic carbocycles. The lowest BCUT2D eigenvalue weighted by Crippen LogP contribution is -2.18. The Morgan fingerprint density at radius 3 is 2.35 bits per heavy atom. The van der Waals surface area contributed by atoms with E-state index in [0.717, 1.165) is 12.3 Å². The van der Waals surface area contributed by atoms with E-state index in [1.807, 2.05) is 18.2 Å². The highest BCUT2D eigenvalue weighted by Crippen LogP contribution is 2.24. The first kappa shape index (κ1) is 14.6. The van der Waals surface area contributed by atoms with Gasteiger partial charge in [-0.25, -0.2) is 0 Å². The molecule has 20 heavy (non-hydrogen) atoms. The third-order valence-corrected chi connectivity index (χ3v) is 3.50. The number of ether oxygens (including phenoxy) is 1. The molecule has 0 amide bonds. The zero-order valence-corrected chi connectivity index (χ0v) is 12.7. The largest absolute Gasteiger partial charge is 0.496 e. The molecule has 2 rings (SSSR count). The van der Waals surface area contributed by atoms with E-state index in [2.05, 4.69) is 50.4 Å². The van der Waals surface area contributed by atoms with Crippen LogP contribution in [0.25, 0.3) is 0 Å². The van der Waals surface area contributed by atoms with Crippen molar-refractivity contribution in [2.24, 2.45) is 0 Å². The van der Waals surface area contributed by atoms with E-state index in [9.17, 15) is 0 Å². The molecule has 0 saturated heterocycles. The summed E-state index contributed by atoms with van der Waals surface area (Å²) < 4.78 is 5.42. The summed E-state index contributed by atoms with van der Waals surface area (Å²) in [6.45, 7) is 7.31. The van der Waals surface area contributed by atoms with Gasteiger partial charge in [0.2, 0.25) is 0 Å². The third-order valence-electron chi connectivity index (χ3n) is 3.50. The van der Waals surface area contributed by atoms with E-state index in [1.165, 1.54) is 22.3 Å². The first-order valence-corrected chi connectivity index (χ1v) is 7.03. The summed E-state index contributed by atoms with van der Waals surface area (Å²) in [5.41, 5.74) is 5.14. The Bertz CT molecular complexity index is 557. The molecule has 0 radical (unpaired) electrons. The van der Waals surface area contributed by atoms with Crippen LogP contribution in [0.15, 0.2) is 42.5 Å². The number of benzene rings is 2. The van der Waals surface area contributed by atoms with E-state index >= 15 is 0 Å². The Morgan fingerprint density at radius 2 is 1.70 bits per heavy atom. The summed E-state index contributed by atoms with van der Waals surface area (Å²) in [6, 6.07) is 15.1. The van der Waals surface area contributed by atoms with Gasteiger partial charge < -0.3 is 10.1 Å². The summed E-state index contributed by atoms with van der Waals surface area (Å²) in [5, 5.41) is 3.56. The van der Waals surface area contributed by atoms with Gasteiger partial charge in [-0.1, -0.05) is 47.5 Å². The van der Waals surface area contributed by atoms with Gasteiger partial charge in [-0.2, -0.15) is 0 Å². The van der Waals surface area contributed by atoms with Gasteiger partial charge in [0.15, 0.2) is 0 Å². The first-order valence-electron chi connectivity index (χ1n) is 7.03. The molecule has 0 aliphatic heterocycles. The van der Waals surface area contributed by atoms with Gasteiger partial charge in [0.05, 0.1) is 7.11 Å². The topological polar surface area (TPSA) is 21.3 Å². The third kappa shape index (κ3) is 3.61. The molecule has 2 heteroatoms. The maximum Gasteiger partial charge on any atom is 0.123 e. The van der Waals surface area contributed by atoms with E-state index in [4.69, 9.17) is 4.74 Å². The molecule has 1 N–H and O–H groups in total. The number of hydrogen-bond acceptors (Lipinski definition) is 2. The van der Waals surface area contributed by atoms with Crippen molar-refractivity contribution in [3.8, 4) is 5.75 Å². The molecule has 0 fully saturated rings. The van der Waals surface area contributed by atoms with Crippen LogP contribution in [-0.2, 0) is 6.54 Å². The Kier molecular flexibility index (Phi) is 4.80. The molecule has 106 valence electrons. The average molecular weight is 269 g/mol. The summed E-state index contributed by atoms with van der Waals surface area (Å²) in [4.78, 5) is 0. The fourth-order valence-electron chi connectivity index (χ4n) is 2.58. The number of hydrogen-bond donors (Lipinski definition) is 1. The van der Waals surface area contributed by atoms with Gasteiger partial charge in [-0.15, -0.1) is 0 Å². The Hall–Kier alpha value is -1.80. The van der Waals surface area contributed by atoms with Crippen LogP contribution < -0.4 is 10.1 Å². The van der Waals surface area contributed by atoms with E-state index < -0.39 is 0 Å². The van der Waals surface area contributed by atoms with Gasteiger partial charge in [0.1, 0.15) is 5.75 Å². The quantitative estimate of drug-likeness (QED) is 0.880. The molecule has 2 aromatic rings.